The molecule has 2 rings (SSSR count). The first-order chi connectivity index (χ1) is 13.1. The maximum Gasteiger partial charge on any atom is 0.406 e. The highest BCUT2D eigenvalue weighted by molar-refractivity contribution is 6.31. The summed E-state index contributed by atoms with van der Waals surface area (Å²) in [5.41, 5.74) is 5.06. The van der Waals surface area contributed by atoms with Crippen LogP contribution >= 0.6 is 11.6 Å². The highest BCUT2D eigenvalue weighted by Gasteiger charge is 2.35. The zero-order valence-electron chi connectivity index (χ0n) is 14.6. The van der Waals surface area contributed by atoms with Gasteiger partial charge in [-0.05, 0) is 30.3 Å². The Morgan fingerprint density at radius 2 is 1.82 bits per heavy atom. The lowest BCUT2D eigenvalue weighted by Crippen LogP contribution is -2.42. The van der Waals surface area contributed by atoms with E-state index in [1.807, 2.05) is 0 Å². The number of hydrogen-bond acceptors (Lipinski definition) is 4. The number of primary amides is 1. The monoisotopic (exact) mass is 416 g/mol. The number of nitrogens with zero attached hydrogens (tertiary/aromatic N) is 1. The van der Waals surface area contributed by atoms with Crippen molar-refractivity contribution in [2.45, 2.75) is 6.18 Å². The van der Waals surface area contributed by atoms with Crippen molar-refractivity contribution in [3.63, 3.8) is 0 Å². The third kappa shape index (κ3) is 5.53. The Morgan fingerprint density at radius 3 is 2.43 bits per heavy atom. The molecule has 0 spiro atoms. The third-order valence-electron chi connectivity index (χ3n) is 3.57. The fraction of sp³-hybridized carbons (Fsp3) is 0.222. The largest absolute Gasteiger partial charge is 0.495 e. The van der Waals surface area contributed by atoms with E-state index in [4.69, 9.17) is 26.8 Å². The van der Waals surface area contributed by atoms with Gasteiger partial charge in [-0.25, -0.2) is 0 Å². The lowest BCUT2D eigenvalue weighted by Gasteiger charge is -2.25. The molecule has 0 atom stereocenters. The van der Waals surface area contributed by atoms with Crippen molar-refractivity contribution in [2.75, 3.05) is 25.2 Å². The van der Waals surface area contributed by atoms with Crippen LogP contribution in [0, 0.1) is 0 Å². The van der Waals surface area contributed by atoms with E-state index in [2.05, 4.69) is 0 Å². The molecule has 2 N–H and O–H groups in total. The molecule has 0 unspecified atom stereocenters. The van der Waals surface area contributed by atoms with Crippen LogP contribution in [0.15, 0.2) is 42.5 Å². The Kier molecular flexibility index (Phi) is 6.74. The number of amides is 2. The Morgan fingerprint density at radius 1 is 1.14 bits per heavy atom. The normalized spacial score (nSPS) is 11.0. The number of carbonyl (C=O) groups excluding carboxylic acids is 2. The van der Waals surface area contributed by atoms with Gasteiger partial charge in [0.2, 0.25) is 0 Å². The molecular formula is C18H16ClF3N2O4. The topological polar surface area (TPSA) is 81.9 Å². The van der Waals surface area contributed by atoms with Crippen LogP contribution < -0.4 is 20.1 Å². The van der Waals surface area contributed by atoms with Gasteiger partial charge in [0.15, 0.2) is 6.61 Å². The molecule has 0 aromatic heterocycles. The average Bonchev–Trinajstić information content (AvgIpc) is 2.64. The molecule has 0 aliphatic carbocycles. The first-order valence-electron chi connectivity index (χ1n) is 7.84. The summed E-state index contributed by atoms with van der Waals surface area (Å²) in [5, 5.41) is 0.209. The summed E-state index contributed by atoms with van der Waals surface area (Å²) in [6, 6.07) is 9.70. The minimum absolute atomic E-state index is 0.0674. The smallest absolute Gasteiger partial charge is 0.406 e. The zero-order chi connectivity index (χ0) is 20.9. The summed E-state index contributed by atoms with van der Waals surface area (Å²) in [5.74, 6) is -1.84. The molecule has 2 aromatic carbocycles. The standard InChI is InChI=1S/C18H16ClF3N2O4/c1-27-15-5-3-2-4-13(15)24(10-18(20,21)22)16(25)9-28-14-7-6-11(19)8-12(14)17(23)26/h2-8H,9-10H2,1H3,(H2,23,26). The van der Waals surface area contributed by atoms with Gasteiger partial charge in [-0.2, -0.15) is 13.2 Å². The van der Waals surface area contributed by atoms with E-state index in [9.17, 15) is 22.8 Å². The second-order valence-electron chi connectivity index (χ2n) is 5.56. The summed E-state index contributed by atoms with van der Waals surface area (Å²) in [6.45, 7) is -2.31. The van der Waals surface area contributed by atoms with Gasteiger partial charge in [-0.15, -0.1) is 0 Å². The number of ether oxygens (including phenoxy) is 2. The molecule has 0 saturated heterocycles. The molecule has 2 amide bonds. The lowest BCUT2D eigenvalue weighted by atomic mass is 10.2. The van der Waals surface area contributed by atoms with E-state index in [-0.39, 0.29) is 27.8 Å². The average molecular weight is 417 g/mol. The van der Waals surface area contributed by atoms with Gasteiger partial charge in [0, 0.05) is 5.02 Å². The number of nitrogens with two attached hydrogens (primary N) is 1. The van der Waals surface area contributed by atoms with Crippen LogP contribution in [0.2, 0.25) is 5.02 Å². The second kappa shape index (κ2) is 8.83. The van der Waals surface area contributed by atoms with Crippen LogP contribution in [-0.2, 0) is 4.79 Å². The summed E-state index contributed by atoms with van der Waals surface area (Å²) in [4.78, 5) is 24.5. The molecule has 0 fully saturated rings. The molecule has 0 saturated carbocycles. The number of rotatable bonds is 7. The van der Waals surface area contributed by atoms with E-state index in [0.29, 0.717) is 4.90 Å². The molecule has 0 aliphatic heterocycles. The van der Waals surface area contributed by atoms with E-state index in [1.165, 1.54) is 43.5 Å². The molecular weight excluding hydrogens is 401 g/mol. The van der Waals surface area contributed by atoms with E-state index in [0.717, 1.165) is 0 Å². The first kappa shape index (κ1) is 21.4. The van der Waals surface area contributed by atoms with Crippen LogP contribution in [0.5, 0.6) is 11.5 Å². The number of para-hydroxylation sites is 2. The fourth-order valence-electron chi connectivity index (χ4n) is 2.38. The Bertz CT molecular complexity index is 874. The van der Waals surface area contributed by atoms with Crippen molar-refractivity contribution >= 4 is 29.1 Å². The summed E-state index contributed by atoms with van der Waals surface area (Å²) in [7, 11) is 1.28. The summed E-state index contributed by atoms with van der Waals surface area (Å²) in [6.07, 6.45) is -4.66. The van der Waals surface area contributed by atoms with Crippen LogP contribution in [0.1, 0.15) is 10.4 Å². The number of benzene rings is 2. The van der Waals surface area contributed by atoms with Gasteiger partial charge in [0.1, 0.15) is 18.0 Å². The molecule has 2 aromatic rings. The van der Waals surface area contributed by atoms with Crippen LogP contribution in [0.3, 0.4) is 0 Å². The maximum atomic E-state index is 13.0. The summed E-state index contributed by atoms with van der Waals surface area (Å²) < 4.78 is 49.3. The minimum Gasteiger partial charge on any atom is -0.495 e. The van der Waals surface area contributed by atoms with Crippen molar-refractivity contribution in [3.8, 4) is 11.5 Å². The minimum atomic E-state index is -4.66. The zero-order valence-corrected chi connectivity index (χ0v) is 15.4. The fourth-order valence-corrected chi connectivity index (χ4v) is 2.55. The molecule has 6 nitrogen and oxygen atoms in total. The lowest BCUT2D eigenvalue weighted by molar-refractivity contribution is -0.133. The predicted octanol–water partition coefficient (Wildman–Crippen LogP) is 3.42. The number of carbonyl (C=O) groups is 2. The second-order valence-corrected chi connectivity index (χ2v) is 6.00. The molecule has 0 bridgehead atoms. The molecule has 0 aliphatic rings. The number of hydrogen-bond donors (Lipinski definition) is 1. The molecule has 0 radical (unpaired) electrons. The summed E-state index contributed by atoms with van der Waals surface area (Å²) >= 11 is 5.78. The maximum absolute atomic E-state index is 13.0. The van der Waals surface area contributed by atoms with Crippen LogP contribution in [0.25, 0.3) is 0 Å². The Balaban J connectivity index is 2.28. The van der Waals surface area contributed by atoms with Crippen molar-refractivity contribution in [2.24, 2.45) is 5.73 Å². The number of halogens is 4. The number of anilines is 1. The van der Waals surface area contributed by atoms with Gasteiger partial charge < -0.3 is 15.2 Å². The highest BCUT2D eigenvalue weighted by atomic mass is 35.5. The van der Waals surface area contributed by atoms with Gasteiger partial charge >= 0.3 is 6.18 Å². The Hall–Kier alpha value is -2.94. The van der Waals surface area contributed by atoms with Crippen molar-refractivity contribution in [3.05, 3.63) is 53.1 Å². The van der Waals surface area contributed by atoms with E-state index >= 15 is 0 Å². The molecule has 150 valence electrons. The van der Waals surface area contributed by atoms with Gasteiger partial charge in [-0.3, -0.25) is 14.5 Å². The quantitative estimate of drug-likeness (QED) is 0.749. The van der Waals surface area contributed by atoms with Crippen LogP contribution in [-0.4, -0.2) is 38.3 Å². The molecule has 28 heavy (non-hydrogen) atoms. The number of alkyl halides is 3. The highest BCUT2D eigenvalue weighted by Crippen LogP contribution is 2.31. The molecule has 10 heteroatoms. The van der Waals surface area contributed by atoms with Crippen LogP contribution in [0.4, 0.5) is 18.9 Å². The van der Waals surface area contributed by atoms with Crippen molar-refractivity contribution < 1.29 is 32.2 Å². The third-order valence-corrected chi connectivity index (χ3v) is 3.81. The predicted molar refractivity (Wildman–Crippen MR) is 96.9 cm³/mol. The first-order valence-corrected chi connectivity index (χ1v) is 8.22. The Labute approximate surface area is 163 Å². The molecule has 0 heterocycles. The van der Waals surface area contributed by atoms with Gasteiger partial charge in [0.25, 0.3) is 11.8 Å². The van der Waals surface area contributed by atoms with Gasteiger partial charge in [0.05, 0.1) is 18.4 Å². The van der Waals surface area contributed by atoms with Gasteiger partial charge in [-0.1, -0.05) is 23.7 Å². The van der Waals surface area contributed by atoms with Crippen molar-refractivity contribution in [1.82, 2.24) is 0 Å². The van der Waals surface area contributed by atoms with Crippen molar-refractivity contribution in [1.29, 1.82) is 0 Å². The van der Waals surface area contributed by atoms with E-state index in [1.54, 1.807) is 6.07 Å². The number of methoxy groups -OCH3 is 1. The van der Waals surface area contributed by atoms with E-state index < -0.39 is 31.1 Å². The SMILES string of the molecule is COc1ccccc1N(CC(F)(F)F)C(=O)COc1ccc(Cl)cc1C(N)=O.